The molecule has 0 saturated carbocycles. The summed E-state index contributed by atoms with van der Waals surface area (Å²) in [5.74, 6) is -0.536. The highest BCUT2D eigenvalue weighted by Crippen LogP contribution is 2.46. The number of ketones is 3. The Hall–Kier alpha value is -7.11. The van der Waals surface area contributed by atoms with E-state index >= 15 is 14.4 Å². The fraction of sp³-hybridized carbons (Fsp3) is 0.145. The van der Waals surface area contributed by atoms with Gasteiger partial charge >= 0.3 is 0 Å². The number of hydrogen-bond donors (Lipinski definition) is 2. The van der Waals surface area contributed by atoms with Gasteiger partial charge < -0.3 is 10.6 Å². The van der Waals surface area contributed by atoms with Gasteiger partial charge in [-0.1, -0.05) is 121 Å². The number of carbonyl (C=O) groups is 3. The fourth-order valence-corrected chi connectivity index (χ4v) is 9.22. The van der Waals surface area contributed by atoms with Crippen molar-refractivity contribution >= 4 is 28.5 Å². The fourth-order valence-electron chi connectivity index (χ4n) is 9.22. The van der Waals surface area contributed by atoms with E-state index in [0.29, 0.717) is 57.3 Å². The topological polar surface area (TPSA) is 75.3 Å². The molecule has 2 N–H and O–H groups in total. The van der Waals surface area contributed by atoms with Crippen molar-refractivity contribution in [1.82, 2.24) is 10.6 Å². The van der Waals surface area contributed by atoms with Crippen molar-refractivity contribution in [3.8, 4) is 22.3 Å². The second-order valence-corrected chi connectivity index (χ2v) is 15.7. The van der Waals surface area contributed by atoms with Gasteiger partial charge in [-0.15, -0.1) is 0 Å². The Balaban J connectivity index is 1.51. The van der Waals surface area contributed by atoms with Gasteiger partial charge in [0.1, 0.15) is 0 Å². The van der Waals surface area contributed by atoms with Gasteiger partial charge in [-0.25, -0.2) is 0 Å². The summed E-state index contributed by atoms with van der Waals surface area (Å²) in [6.45, 7) is 12.0. The molecule has 0 fully saturated rings. The van der Waals surface area contributed by atoms with E-state index in [1.807, 2.05) is 137 Å². The van der Waals surface area contributed by atoms with Crippen LogP contribution in [0.15, 0.2) is 146 Å². The van der Waals surface area contributed by atoms with E-state index in [1.54, 1.807) is 0 Å². The third-order valence-electron chi connectivity index (χ3n) is 12.1. The van der Waals surface area contributed by atoms with E-state index in [4.69, 9.17) is 0 Å². The maximum atomic E-state index is 16.1. The lowest BCUT2D eigenvalue weighted by molar-refractivity contribution is 0.103. The molecular formula is C55H48N2O3. The van der Waals surface area contributed by atoms with Gasteiger partial charge in [0.25, 0.3) is 0 Å². The Morgan fingerprint density at radius 3 is 1.12 bits per heavy atom. The summed E-state index contributed by atoms with van der Waals surface area (Å²) in [6, 6.07) is 34.9. The van der Waals surface area contributed by atoms with Crippen LogP contribution in [0.1, 0.15) is 105 Å². The second-order valence-electron chi connectivity index (χ2n) is 15.7. The molecule has 2 aliphatic rings. The van der Waals surface area contributed by atoms with Crippen molar-refractivity contribution in [3.63, 3.8) is 0 Å². The lowest BCUT2D eigenvalue weighted by Crippen LogP contribution is -2.21. The number of benzene rings is 6. The average Bonchev–Trinajstić information content (AvgIpc) is 3.27. The van der Waals surface area contributed by atoms with Gasteiger partial charge in [-0.2, -0.15) is 0 Å². The molecule has 0 atom stereocenters. The van der Waals surface area contributed by atoms with Crippen molar-refractivity contribution in [2.45, 2.75) is 54.4 Å². The summed E-state index contributed by atoms with van der Waals surface area (Å²) in [5, 5.41) is 6.57. The lowest BCUT2D eigenvalue weighted by atomic mass is 9.74. The normalized spacial score (nSPS) is 13.2. The molecule has 5 heteroatoms. The lowest BCUT2D eigenvalue weighted by Gasteiger charge is -2.28. The minimum absolute atomic E-state index is 0.157. The van der Waals surface area contributed by atoms with Gasteiger partial charge in [0.15, 0.2) is 17.3 Å². The van der Waals surface area contributed by atoms with Gasteiger partial charge in [0.05, 0.1) is 0 Å². The van der Waals surface area contributed by atoms with Crippen LogP contribution in [0.5, 0.6) is 0 Å². The van der Waals surface area contributed by atoms with Crippen LogP contribution >= 0.6 is 0 Å². The molecular weight excluding hydrogens is 737 g/mol. The van der Waals surface area contributed by atoms with E-state index in [-0.39, 0.29) is 17.3 Å². The number of rotatable bonds is 10. The van der Waals surface area contributed by atoms with Crippen LogP contribution in [-0.2, 0) is 0 Å². The van der Waals surface area contributed by atoms with Crippen LogP contribution in [0.25, 0.3) is 33.4 Å². The summed E-state index contributed by atoms with van der Waals surface area (Å²) in [4.78, 5) is 46.4. The molecule has 5 nitrogen and oxygen atoms in total. The van der Waals surface area contributed by atoms with Crippen molar-refractivity contribution in [2.24, 2.45) is 0 Å². The molecule has 0 aromatic heterocycles. The van der Waals surface area contributed by atoms with E-state index in [9.17, 15) is 0 Å². The Bertz CT molecular complexity index is 2660. The molecule has 0 amide bonds. The van der Waals surface area contributed by atoms with Gasteiger partial charge in [0, 0.05) is 56.9 Å². The molecule has 0 aliphatic carbocycles. The van der Waals surface area contributed by atoms with Crippen molar-refractivity contribution < 1.29 is 14.4 Å². The molecule has 6 aromatic rings. The van der Waals surface area contributed by atoms with Crippen LogP contribution < -0.4 is 10.6 Å². The van der Waals surface area contributed by atoms with Crippen molar-refractivity contribution in [1.29, 1.82) is 0 Å². The summed E-state index contributed by atoms with van der Waals surface area (Å²) >= 11 is 0. The van der Waals surface area contributed by atoms with Crippen LogP contribution in [0.3, 0.4) is 0 Å². The summed E-state index contributed by atoms with van der Waals surface area (Å²) in [5.41, 5.74) is 15.0. The predicted octanol–water partition coefficient (Wildman–Crippen LogP) is 12.3. The Labute approximate surface area is 352 Å². The van der Waals surface area contributed by atoms with E-state index < -0.39 is 0 Å². The number of carbonyl (C=O) groups excluding carboxylic acids is 3. The van der Waals surface area contributed by atoms with Gasteiger partial charge in [0.2, 0.25) is 0 Å². The monoisotopic (exact) mass is 784 g/mol. The number of dihydropyridines is 2. The first-order chi connectivity index (χ1) is 29.1. The second kappa shape index (κ2) is 16.6. The minimum atomic E-state index is -0.223. The quantitative estimate of drug-likeness (QED) is 0.135. The molecule has 0 unspecified atom stereocenters. The SMILES string of the molecule is Cc1ccccc1-c1c(C(=O)c2ccccc2)c(C)c(C(=O)c2c(C)c(C(=O)c3ccccc3)c(-c3ccccc3C)c(C3=CNC=CC3)c2C)c(C)c1C1=CNC=CC1. The van der Waals surface area contributed by atoms with Crippen molar-refractivity contribution in [3.05, 3.63) is 224 Å². The van der Waals surface area contributed by atoms with Gasteiger partial charge in [-0.05, 0) is 134 Å². The van der Waals surface area contributed by atoms with E-state index in [2.05, 4.69) is 60.9 Å². The highest BCUT2D eigenvalue weighted by Gasteiger charge is 2.35. The Morgan fingerprint density at radius 1 is 0.400 bits per heavy atom. The number of hydrogen-bond acceptors (Lipinski definition) is 5. The van der Waals surface area contributed by atoms with Crippen molar-refractivity contribution in [2.75, 3.05) is 0 Å². The maximum Gasteiger partial charge on any atom is 0.194 e. The van der Waals surface area contributed by atoms with E-state index in [1.165, 1.54) is 0 Å². The summed E-state index contributed by atoms with van der Waals surface area (Å²) in [6.07, 6.45) is 13.1. The first-order valence-corrected chi connectivity index (χ1v) is 20.5. The highest BCUT2D eigenvalue weighted by molar-refractivity contribution is 6.23. The molecule has 0 radical (unpaired) electrons. The molecule has 0 spiro atoms. The van der Waals surface area contributed by atoms with Crippen LogP contribution in [0.2, 0.25) is 0 Å². The molecule has 0 saturated heterocycles. The van der Waals surface area contributed by atoms with E-state index in [0.717, 1.165) is 66.8 Å². The molecule has 0 bridgehead atoms. The smallest absolute Gasteiger partial charge is 0.194 e. The average molecular weight is 785 g/mol. The third kappa shape index (κ3) is 6.96. The largest absolute Gasteiger partial charge is 0.368 e. The Morgan fingerprint density at radius 2 is 0.767 bits per heavy atom. The van der Waals surface area contributed by atoms with Gasteiger partial charge in [-0.3, -0.25) is 14.4 Å². The van der Waals surface area contributed by atoms with Crippen LogP contribution in [-0.4, -0.2) is 17.3 Å². The molecule has 296 valence electrons. The molecule has 6 aromatic carbocycles. The predicted molar refractivity (Wildman–Crippen MR) is 245 cm³/mol. The van der Waals surface area contributed by atoms with Crippen LogP contribution in [0.4, 0.5) is 0 Å². The molecule has 2 heterocycles. The maximum absolute atomic E-state index is 16.1. The molecule has 2 aliphatic heterocycles. The summed E-state index contributed by atoms with van der Waals surface area (Å²) in [7, 11) is 0. The molecule has 60 heavy (non-hydrogen) atoms. The zero-order chi connectivity index (χ0) is 42.1. The number of aryl methyl sites for hydroxylation is 2. The minimum Gasteiger partial charge on any atom is -0.368 e. The molecule has 8 rings (SSSR count). The number of allylic oxidation sites excluding steroid dienone is 4. The standard InChI is InChI=1S/C55H48N2O3/c1-33-19-13-15-27-43(33)51-47(41-25-17-29-56-31-41)35(3)45(37(5)49(51)53(58)39-21-9-7-10-22-39)55(60)46-36(4)48(42-26-18-30-57-32-42)52(44-28-16-14-20-34(44)2)50(38(46)6)54(59)40-23-11-8-12-24-40/h7-24,27-32,56-57H,25-26H2,1-6H3. The zero-order valence-electron chi connectivity index (χ0n) is 35.0. The van der Waals surface area contributed by atoms with Crippen LogP contribution in [0, 0.1) is 41.5 Å². The Kier molecular flexibility index (Phi) is 11.0. The number of nitrogens with one attached hydrogen (secondary N) is 2. The third-order valence-corrected chi connectivity index (χ3v) is 12.1. The zero-order valence-corrected chi connectivity index (χ0v) is 35.0. The first-order valence-electron chi connectivity index (χ1n) is 20.5. The first kappa shape index (κ1) is 39.7. The highest BCUT2D eigenvalue weighted by atomic mass is 16.1. The summed E-state index contributed by atoms with van der Waals surface area (Å²) < 4.78 is 0.